The van der Waals surface area contributed by atoms with Crippen LogP contribution in [0.5, 0.6) is 0 Å². The lowest BCUT2D eigenvalue weighted by Crippen LogP contribution is -2.43. The topological polar surface area (TPSA) is 144 Å². The fourth-order valence-electron chi connectivity index (χ4n) is 1.33. The third-order valence-corrected chi connectivity index (χ3v) is 4.07. The highest BCUT2D eigenvalue weighted by molar-refractivity contribution is 7.89. The molecule has 0 bridgehead atoms. The zero-order chi connectivity index (χ0) is 14.8. The maximum absolute atomic E-state index is 12.0. The summed E-state index contributed by atoms with van der Waals surface area (Å²) < 4.78 is 26.7. The van der Waals surface area contributed by atoms with E-state index in [-0.39, 0.29) is 5.02 Å². The summed E-state index contributed by atoms with van der Waals surface area (Å²) in [5.74, 6) is -2.48. The SMILES string of the molecule is Cn1ncc(Cl)c1S(=O)(=O)N[C@@H](CC(N)=O)C(=O)O. The second-order valence-electron chi connectivity index (χ2n) is 3.60. The molecule has 0 aliphatic heterocycles. The molecule has 0 spiro atoms. The van der Waals surface area contributed by atoms with Crippen LogP contribution in [-0.2, 0) is 26.7 Å². The lowest BCUT2D eigenvalue weighted by Gasteiger charge is -2.13. The van der Waals surface area contributed by atoms with Gasteiger partial charge in [-0.3, -0.25) is 14.3 Å². The zero-order valence-corrected chi connectivity index (χ0v) is 11.3. The molecule has 1 heterocycles. The maximum atomic E-state index is 12.0. The van der Waals surface area contributed by atoms with Gasteiger partial charge in [0.05, 0.1) is 17.6 Å². The molecule has 11 heteroatoms. The number of carbonyl (C=O) groups excluding carboxylic acids is 1. The van der Waals surface area contributed by atoms with Crippen molar-refractivity contribution < 1.29 is 23.1 Å². The van der Waals surface area contributed by atoms with Gasteiger partial charge in [0.2, 0.25) is 5.91 Å². The number of aliphatic carboxylic acids is 1. The maximum Gasteiger partial charge on any atom is 0.322 e. The molecule has 1 atom stereocenters. The lowest BCUT2D eigenvalue weighted by molar-refractivity contribution is -0.140. The molecule has 1 aromatic heterocycles. The van der Waals surface area contributed by atoms with Crippen LogP contribution in [0.2, 0.25) is 5.02 Å². The Labute approximate surface area is 113 Å². The van der Waals surface area contributed by atoms with Crippen molar-refractivity contribution in [2.24, 2.45) is 12.8 Å². The third kappa shape index (κ3) is 3.66. The van der Waals surface area contributed by atoms with Crippen LogP contribution in [0.3, 0.4) is 0 Å². The van der Waals surface area contributed by atoms with Gasteiger partial charge >= 0.3 is 5.97 Å². The molecule has 4 N–H and O–H groups in total. The monoisotopic (exact) mass is 310 g/mol. The van der Waals surface area contributed by atoms with Gasteiger partial charge in [-0.05, 0) is 0 Å². The molecule has 0 aromatic carbocycles. The summed E-state index contributed by atoms with van der Waals surface area (Å²) in [5, 5.41) is 11.9. The molecule has 1 rings (SSSR count). The van der Waals surface area contributed by atoms with Gasteiger partial charge in [-0.1, -0.05) is 11.6 Å². The van der Waals surface area contributed by atoms with Crippen molar-refractivity contribution in [3.05, 3.63) is 11.2 Å². The van der Waals surface area contributed by atoms with Crippen LogP contribution in [0, 0.1) is 0 Å². The van der Waals surface area contributed by atoms with Crippen molar-refractivity contribution in [2.45, 2.75) is 17.5 Å². The summed E-state index contributed by atoms with van der Waals surface area (Å²) in [4.78, 5) is 21.6. The first-order valence-electron chi connectivity index (χ1n) is 4.86. The number of amides is 1. The summed E-state index contributed by atoms with van der Waals surface area (Å²) in [6.07, 6.45) is 0.421. The largest absolute Gasteiger partial charge is 0.480 e. The van der Waals surface area contributed by atoms with E-state index in [9.17, 15) is 18.0 Å². The highest BCUT2D eigenvalue weighted by Gasteiger charge is 2.30. The highest BCUT2D eigenvalue weighted by Crippen LogP contribution is 2.20. The average Bonchev–Trinajstić information content (AvgIpc) is 2.56. The number of hydrogen-bond donors (Lipinski definition) is 3. The first kappa shape index (κ1) is 15.4. The number of carbonyl (C=O) groups is 2. The first-order valence-corrected chi connectivity index (χ1v) is 6.72. The second-order valence-corrected chi connectivity index (χ2v) is 5.64. The fraction of sp³-hybridized carbons (Fsp3) is 0.375. The van der Waals surface area contributed by atoms with Crippen LogP contribution >= 0.6 is 11.6 Å². The highest BCUT2D eigenvalue weighted by atomic mass is 35.5. The number of sulfonamides is 1. The van der Waals surface area contributed by atoms with Crippen molar-refractivity contribution in [3.8, 4) is 0 Å². The lowest BCUT2D eigenvalue weighted by atomic mass is 10.2. The number of aromatic nitrogens is 2. The van der Waals surface area contributed by atoms with E-state index in [1.165, 1.54) is 7.05 Å². The van der Waals surface area contributed by atoms with Gasteiger partial charge in [0.15, 0.2) is 5.03 Å². The van der Waals surface area contributed by atoms with E-state index in [0.717, 1.165) is 10.9 Å². The molecule has 0 fully saturated rings. The van der Waals surface area contributed by atoms with E-state index >= 15 is 0 Å². The predicted octanol–water partition coefficient (Wildman–Crippen LogP) is -1.32. The summed E-state index contributed by atoms with van der Waals surface area (Å²) in [6, 6.07) is -1.67. The minimum absolute atomic E-state index is 0.168. The molecule has 0 aliphatic carbocycles. The molecule has 0 unspecified atom stereocenters. The van der Waals surface area contributed by atoms with Crippen molar-refractivity contribution >= 4 is 33.5 Å². The molecule has 0 aliphatic rings. The minimum atomic E-state index is -4.24. The number of nitrogens with one attached hydrogen (secondary N) is 1. The Kier molecular flexibility index (Phi) is 4.50. The zero-order valence-electron chi connectivity index (χ0n) is 9.70. The number of halogens is 1. The van der Waals surface area contributed by atoms with Crippen LogP contribution < -0.4 is 10.5 Å². The third-order valence-electron chi connectivity index (χ3n) is 2.10. The number of carboxylic acids is 1. The van der Waals surface area contributed by atoms with Crippen LogP contribution in [-0.4, -0.2) is 41.2 Å². The van der Waals surface area contributed by atoms with Gasteiger partial charge in [0.1, 0.15) is 6.04 Å². The summed E-state index contributed by atoms with van der Waals surface area (Å²) in [5.41, 5.74) is 4.85. The predicted molar refractivity (Wildman–Crippen MR) is 63.8 cm³/mol. The normalized spacial score (nSPS) is 13.2. The number of aryl methyl sites for hydroxylation is 1. The molecule has 0 radical (unpaired) electrons. The van der Waals surface area contributed by atoms with Crippen LogP contribution in [0.1, 0.15) is 6.42 Å². The molecule has 0 saturated heterocycles. The molecular weight excluding hydrogens is 300 g/mol. The molecule has 19 heavy (non-hydrogen) atoms. The van der Waals surface area contributed by atoms with Crippen molar-refractivity contribution in [3.63, 3.8) is 0 Å². The van der Waals surface area contributed by atoms with E-state index in [0.29, 0.717) is 0 Å². The van der Waals surface area contributed by atoms with E-state index in [1.54, 1.807) is 0 Å². The Balaban J connectivity index is 3.08. The van der Waals surface area contributed by atoms with Gasteiger partial charge < -0.3 is 10.8 Å². The van der Waals surface area contributed by atoms with Crippen LogP contribution in [0.4, 0.5) is 0 Å². The average molecular weight is 311 g/mol. The van der Waals surface area contributed by atoms with Gasteiger partial charge in [-0.15, -0.1) is 0 Å². The van der Waals surface area contributed by atoms with Crippen LogP contribution in [0.15, 0.2) is 11.2 Å². The van der Waals surface area contributed by atoms with Crippen molar-refractivity contribution in [2.75, 3.05) is 0 Å². The Morgan fingerprint density at radius 2 is 2.21 bits per heavy atom. The summed E-state index contributed by atoms with van der Waals surface area (Å²) in [6.45, 7) is 0. The quantitative estimate of drug-likeness (QED) is 0.594. The minimum Gasteiger partial charge on any atom is -0.480 e. The molecule has 9 nitrogen and oxygen atoms in total. The van der Waals surface area contributed by atoms with E-state index < -0.39 is 39.4 Å². The molecule has 1 amide bonds. The fourth-order valence-corrected chi connectivity index (χ4v) is 3.17. The number of nitrogens with zero attached hydrogens (tertiary/aromatic N) is 2. The van der Waals surface area contributed by atoms with Gasteiger partial charge in [0, 0.05) is 7.05 Å². The Bertz CT molecular complexity index is 591. The molecule has 0 saturated carbocycles. The number of carboxylic acid groups (broad SMARTS) is 1. The Hall–Kier alpha value is -1.65. The first-order chi connectivity index (χ1) is 8.65. The molecular formula is C8H11ClN4O5S. The van der Waals surface area contributed by atoms with Gasteiger partial charge in [-0.25, -0.2) is 8.42 Å². The van der Waals surface area contributed by atoms with Gasteiger partial charge in [-0.2, -0.15) is 9.82 Å². The van der Waals surface area contributed by atoms with Crippen molar-refractivity contribution in [1.82, 2.24) is 14.5 Å². The number of rotatable bonds is 6. The van der Waals surface area contributed by atoms with Crippen LogP contribution in [0.25, 0.3) is 0 Å². The second kappa shape index (κ2) is 5.55. The van der Waals surface area contributed by atoms with E-state index in [2.05, 4.69) is 5.10 Å². The van der Waals surface area contributed by atoms with Crippen molar-refractivity contribution in [1.29, 1.82) is 0 Å². The smallest absolute Gasteiger partial charge is 0.322 e. The number of primary amides is 1. The van der Waals surface area contributed by atoms with E-state index in [4.69, 9.17) is 22.4 Å². The standard InChI is InChI=1S/C8H11ClN4O5S/c1-13-7(4(9)3-11-13)19(17,18)12-5(8(15)16)2-6(10)14/h3,5,12H,2H2,1H3,(H2,10,14)(H,15,16)/t5-/m0/s1. The summed E-state index contributed by atoms with van der Waals surface area (Å²) in [7, 11) is -2.91. The van der Waals surface area contributed by atoms with E-state index in [1.807, 2.05) is 4.72 Å². The summed E-state index contributed by atoms with van der Waals surface area (Å²) >= 11 is 5.66. The Morgan fingerprint density at radius 1 is 1.63 bits per heavy atom. The molecule has 106 valence electrons. The Morgan fingerprint density at radius 3 is 2.58 bits per heavy atom. The van der Waals surface area contributed by atoms with Gasteiger partial charge in [0.25, 0.3) is 10.0 Å². The number of nitrogens with two attached hydrogens (primary N) is 1. The number of hydrogen-bond acceptors (Lipinski definition) is 5. The molecule has 1 aromatic rings.